The summed E-state index contributed by atoms with van der Waals surface area (Å²) in [5, 5.41) is 2.83. The predicted octanol–water partition coefficient (Wildman–Crippen LogP) is 4.40. The van der Waals surface area contributed by atoms with Crippen molar-refractivity contribution in [3.8, 4) is 11.5 Å². The van der Waals surface area contributed by atoms with Crippen LogP contribution in [0, 0.1) is 0 Å². The molecule has 1 unspecified atom stereocenters. The lowest BCUT2D eigenvalue weighted by Gasteiger charge is -2.13. The van der Waals surface area contributed by atoms with Gasteiger partial charge in [0.15, 0.2) is 0 Å². The Labute approximate surface area is 184 Å². The zero-order valence-corrected chi connectivity index (χ0v) is 17.1. The molecule has 0 spiro atoms. The maximum absolute atomic E-state index is 12.9. The number of nitrogens with one attached hydrogen (secondary N) is 1. The van der Waals surface area contributed by atoms with Crippen LogP contribution in [-0.2, 0) is 9.53 Å². The van der Waals surface area contributed by atoms with Crippen LogP contribution in [0.2, 0.25) is 0 Å². The van der Waals surface area contributed by atoms with Gasteiger partial charge in [-0.05, 0) is 67.4 Å². The minimum absolute atomic E-state index is 0.152. The number of rotatable bonds is 5. The van der Waals surface area contributed by atoms with Crippen LogP contribution in [0.5, 0.6) is 11.5 Å². The highest BCUT2D eigenvalue weighted by Crippen LogP contribution is 2.32. The van der Waals surface area contributed by atoms with E-state index in [1.54, 1.807) is 66.7 Å². The Morgan fingerprint density at radius 1 is 0.906 bits per heavy atom. The summed E-state index contributed by atoms with van der Waals surface area (Å²) in [5.41, 5.74) is 1.82. The zero-order chi connectivity index (χ0) is 22.1. The van der Waals surface area contributed by atoms with Gasteiger partial charge in [-0.1, -0.05) is 18.2 Å². The lowest BCUT2D eigenvalue weighted by Crippen LogP contribution is -2.29. The molecule has 0 aromatic heterocycles. The summed E-state index contributed by atoms with van der Waals surface area (Å²) < 4.78 is 11.3. The van der Waals surface area contributed by atoms with Crippen LogP contribution in [0.1, 0.15) is 33.6 Å². The molecule has 1 saturated heterocycles. The second-order valence-electron chi connectivity index (χ2n) is 7.61. The van der Waals surface area contributed by atoms with Crippen LogP contribution in [0.25, 0.3) is 0 Å². The number of carbonyl (C=O) groups excluding carboxylic acids is 3. The van der Waals surface area contributed by atoms with Gasteiger partial charge in [0.2, 0.25) is 0 Å². The standard InChI is InChI=1S/C25H20N2O5/c28-23(22-7-4-14-31-22)26-16-8-10-18(11-9-16)32-19-12-13-20-21(15-19)25(30)27(24(20)29)17-5-2-1-3-6-17/h1-3,5-6,8-13,15,22H,4,7,14H2,(H,26,28). The number of ether oxygens (including phenoxy) is 2. The Balaban J connectivity index is 1.29. The Morgan fingerprint density at radius 3 is 2.34 bits per heavy atom. The molecule has 2 heterocycles. The second-order valence-corrected chi connectivity index (χ2v) is 7.61. The van der Waals surface area contributed by atoms with Gasteiger partial charge >= 0.3 is 0 Å². The van der Waals surface area contributed by atoms with Crippen LogP contribution in [0.3, 0.4) is 0 Å². The molecule has 32 heavy (non-hydrogen) atoms. The number of hydrogen-bond acceptors (Lipinski definition) is 5. The monoisotopic (exact) mass is 428 g/mol. The Hall–Kier alpha value is -3.97. The van der Waals surface area contributed by atoms with E-state index in [0.29, 0.717) is 40.6 Å². The summed E-state index contributed by atoms with van der Waals surface area (Å²) >= 11 is 0. The van der Waals surface area contributed by atoms with E-state index in [9.17, 15) is 14.4 Å². The summed E-state index contributed by atoms with van der Waals surface area (Å²) in [7, 11) is 0. The molecule has 0 saturated carbocycles. The molecule has 7 nitrogen and oxygen atoms in total. The molecule has 0 aliphatic carbocycles. The van der Waals surface area contributed by atoms with Crippen LogP contribution < -0.4 is 15.0 Å². The molecular formula is C25H20N2O5. The third-order valence-electron chi connectivity index (χ3n) is 5.45. The van der Waals surface area contributed by atoms with Crippen molar-refractivity contribution in [3.63, 3.8) is 0 Å². The smallest absolute Gasteiger partial charge is 0.266 e. The van der Waals surface area contributed by atoms with Crippen molar-refractivity contribution < 1.29 is 23.9 Å². The van der Waals surface area contributed by atoms with Gasteiger partial charge < -0.3 is 14.8 Å². The first-order valence-electron chi connectivity index (χ1n) is 10.4. The van der Waals surface area contributed by atoms with Crippen molar-refractivity contribution in [2.45, 2.75) is 18.9 Å². The third kappa shape index (κ3) is 3.74. The van der Waals surface area contributed by atoms with E-state index in [2.05, 4.69) is 5.32 Å². The minimum Gasteiger partial charge on any atom is -0.457 e. The van der Waals surface area contributed by atoms with Crippen LogP contribution in [0.15, 0.2) is 72.8 Å². The number of carbonyl (C=O) groups is 3. The number of nitrogens with zero attached hydrogens (tertiary/aromatic N) is 1. The molecule has 2 aliphatic heterocycles. The molecule has 160 valence electrons. The third-order valence-corrected chi connectivity index (χ3v) is 5.45. The topological polar surface area (TPSA) is 84.9 Å². The van der Waals surface area contributed by atoms with Gasteiger partial charge in [-0.25, -0.2) is 4.90 Å². The number of anilines is 2. The van der Waals surface area contributed by atoms with Gasteiger partial charge in [0.1, 0.15) is 17.6 Å². The molecule has 0 radical (unpaired) electrons. The molecule has 0 bridgehead atoms. The summed E-state index contributed by atoms with van der Waals surface area (Å²) in [6.07, 6.45) is 1.23. The van der Waals surface area contributed by atoms with E-state index in [1.807, 2.05) is 6.07 Å². The van der Waals surface area contributed by atoms with Crippen LogP contribution >= 0.6 is 0 Å². The SMILES string of the molecule is O=C(Nc1ccc(Oc2ccc3c(c2)C(=O)N(c2ccccc2)C3=O)cc1)C1CCCO1. The Kier molecular flexibility index (Phi) is 5.17. The van der Waals surface area contributed by atoms with Gasteiger partial charge in [-0.15, -0.1) is 0 Å². The number of amides is 3. The lowest BCUT2D eigenvalue weighted by molar-refractivity contribution is -0.124. The first-order chi connectivity index (χ1) is 15.6. The van der Waals surface area contributed by atoms with Gasteiger partial charge in [-0.2, -0.15) is 0 Å². The van der Waals surface area contributed by atoms with E-state index < -0.39 is 6.10 Å². The van der Waals surface area contributed by atoms with Crippen molar-refractivity contribution in [2.24, 2.45) is 0 Å². The molecule has 7 heteroatoms. The van der Waals surface area contributed by atoms with E-state index in [0.717, 1.165) is 12.8 Å². The largest absolute Gasteiger partial charge is 0.457 e. The highest BCUT2D eigenvalue weighted by atomic mass is 16.5. The molecule has 1 fully saturated rings. The zero-order valence-electron chi connectivity index (χ0n) is 17.1. The van der Waals surface area contributed by atoms with Crippen LogP contribution in [-0.4, -0.2) is 30.4 Å². The van der Waals surface area contributed by atoms with Crippen molar-refractivity contribution in [3.05, 3.63) is 83.9 Å². The summed E-state index contributed by atoms with van der Waals surface area (Å²) in [5.74, 6) is 0.0941. The molecular weight excluding hydrogens is 408 g/mol. The highest BCUT2D eigenvalue weighted by Gasteiger charge is 2.36. The van der Waals surface area contributed by atoms with Gasteiger partial charge in [-0.3, -0.25) is 14.4 Å². The first kappa shape index (κ1) is 20.0. The van der Waals surface area contributed by atoms with Crippen molar-refractivity contribution in [1.82, 2.24) is 0 Å². The molecule has 3 aromatic rings. The quantitative estimate of drug-likeness (QED) is 0.609. The maximum Gasteiger partial charge on any atom is 0.266 e. The molecule has 2 aliphatic rings. The average Bonchev–Trinajstić information content (AvgIpc) is 3.43. The lowest BCUT2D eigenvalue weighted by atomic mass is 10.1. The van der Waals surface area contributed by atoms with Gasteiger partial charge in [0, 0.05) is 12.3 Å². The number of hydrogen-bond donors (Lipinski definition) is 1. The van der Waals surface area contributed by atoms with Crippen molar-refractivity contribution >= 4 is 29.1 Å². The number of imide groups is 1. The van der Waals surface area contributed by atoms with E-state index >= 15 is 0 Å². The molecule has 3 amide bonds. The second kappa shape index (κ2) is 8.28. The minimum atomic E-state index is -0.395. The van der Waals surface area contributed by atoms with Crippen molar-refractivity contribution in [1.29, 1.82) is 0 Å². The summed E-state index contributed by atoms with van der Waals surface area (Å²) in [4.78, 5) is 38.9. The molecule has 5 rings (SSSR count). The van der Waals surface area contributed by atoms with E-state index in [-0.39, 0.29) is 17.7 Å². The molecule has 1 atom stereocenters. The summed E-state index contributed by atoms with van der Waals surface area (Å²) in [6.45, 7) is 0.614. The Bertz CT molecular complexity index is 1180. The molecule has 3 aromatic carbocycles. The Morgan fingerprint density at radius 2 is 1.62 bits per heavy atom. The normalized spacial score (nSPS) is 17.4. The molecule has 1 N–H and O–H groups in total. The average molecular weight is 428 g/mol. The number of fused-ring (bicyclic) bond motifs is 1. The van der Waals surface area contributed by atoms with E-state index in [4.69, 9.17) is 9.47 Å². The summed E-state index contributed by atoms with van der Waals surface area (Å²) in [6, 6.07) is 20.6. The first-order valence-corrected chi connectivity index (χ1v) is 10.4. The fourth-order valence-corrected chi connectivity index (χ4v) is 3.84. The maximum atomic E-state index is 12.9. The number of benzene rings is 3. The van der Waals surface area contributed by atoms with Crippen molar-refractivity contribution in [2.75, 3.05) is 16.8 Å². The fraction of sp³-hybridized carbons (Fsp3) is 0.160. The van der Waals surface area contributed by atoms with E-state index in [1.165, 1.54) is 4.90 Å². The van der Waals surface area contributed by atoms with Gasteiger partial charge in [0.05, 0.1) is 16.8 Å². The predicted molar refractivity (Wildman–Crippen MR) is 118 cm³/mol. The fourth-order valence-electron chi connectivity index (χ4n) is 3.84. The van der Waals surface area contributed by atoms with Crippen LogP contribution in [0.4, 0.5) is 11.4 Å². The van der Waals surface area contributed by atoms with Gasteiger partial charge in [0.25, 0.3) is 17.7 Å². The number of para-hydroxylation sites is 1. The highest BCUT2D eigenvalue weighted by molar-refractivity contribution is 6.34.